The fourth-order valence-electron chi connectivity index (χ4n) is 7.25. The Balaban J connectivity index is 1.82. The second-order valence-corrected chi connectivity index (χ2v) is 10.4. The molecule has 30 heavy (non-hydrogen) atoms. The van der Waals surface area contributed by atoms with Crippen molar-refractivity contribution < 1.29 is 29.3 Å². The molecule has 2 N–H and O–H groups in total. The molecule has 0 unspecified atom stereocenters. The standard InChI is InChI=1S/C23H29ClO6/c1-13(26)30-22(19(29)12-25)9-7-16-17-5-4-14-10-15(27)6-8-20(14,2)23(17,24)18(28)11-21(16,22)3/h6,8,10,16-18,25,28H,4-5,7,9,11-12H2,1-3H3/t16-,17-,18-,20-,21-,22-,23-/m0/s1. The number of aliphatic hydroxyl groups is 2. The summed E-state index contributed by atoms with van der Waals surface area (Å²) in [6.45, 7) is 4.39. The summed E-state index contributed by atoms with van der Waals surface area (Å²) in [6, 6.07) is 0. The third-order valence-corrected chi connectivity index (χ3v) is 9.60. The van der Waals surface area contributed by atoms with Crippen molar-refractivity contribution in [1.82, 2.24) is 0 Å². The van der Waals surface area contributed by atoms with Crippen LogP contribution in [0.2, 0.25) is 0 Å². The molecule has 3 saturated carbocycles. The Morgan fingerprint density at radius 2 is 1.97 bits per heavy atom. The average Bonchev–Trinajstić information content (AvgIpc) is 2.95. The predicted octanol–water partition coefficient (Wildman–Crippen LogP) is 2.49. The normalized spacial score (nSPS) is 47.1. The van der Waals surface area contributed by atoms with Crippen LogP contribution in [0.3, 0.4) is 0 Å². The minimum absolute atomic E-state index is 0.0698. The Hall–Kier alpha value is -1.50. The van der Waals surface area contributed by atoms with Gasteiger partial charge < -0.3 is 14.9 Å². The molecule has 7 atom stereocenters. The van der Waals surface area contributed by atoms with Gasteiger partial charge in [0, 0.05) is 17.8 Å². The van der Waals surface area contributed by atoms with Gasteiger partial charge in [-0.15, -0.1) is 11.6 Å². The van der Waals surface area contributed by atoms with Gasteiger partial charge in [-0.1, -0.05) is 25.5 Å². The van der Waals surface area contributed by atoms with Gasteiger partial charge in [0.2, 0.25) is 5.78 Å². The van der Waals surface area contributed by atoms with Gasteiger partial charge in [-0.25, -0.2) is 0 Å². The number of allylic oxidation sites excluding steroid dienone is 4. The van der Waals surface area contributed by atoms with Crippen LogP contribution in [0.25, 0.3) is 0 Å². The predicted molar refractivity (Wildman–Crippen MR) is 110 cm³/mol. The van der Waals surface area contributed by atoms with Crippen molar-refractivity contribution in [2.45, 2.75) is 69.5 Å². The number of rotatable bonds is 3. The second-order valence-electron chi connectivity index (χ2n) is 9.81. The number of hydrogen-bond donors (Lipinski definition) is 2. The molecule has 4 aliphatic rings. The lowest BCUT2D eigenvalue weighted by molar-refractivity contribution is -0.196. The zero-order valence-electron chi connectivity index (χ0n) is 17.6. The maximum Gasteiger partial charge on any atom is 0.303 e. The number of Topliss-reactive ketones (excluding diaryl/α,β-unsaturated/α-hetero) is 1. The summed E-state index contributed by atoms with van der Waals surface area (Å²) in [4.78, 5) is 35.8. The molecular formula is C23H29ClO6. The quantitative estimate of drug-likeness (QED) is 0.520. The molecule has 4 aliphatic carbocycles. The fraction of sp³-hybridized carbons (Fsp3) is 0.696. The Morgan fingerprint density at radius 3 is 2.60 bits per heavy atom. The largest absolute Gasteiger partial charge is 0.451 e. The summed E-state index contributed by atoms with van der Waals surface area (Å²) in [5.41, 5.74) is -2.06. The van der Waals surface area contributed by atoms with E-state index in [-0.39, 0.29) is 24.0 Å². The summed E-state index contributed by atoms with van der Waals surface area (Å²) in [5.74, 6) is -1.39. The number of carbonyl (C=O) groups excluding carboxylic acids is 3. The highest BCUT2D eigenvalue weighted by Crippen LogP contribution is 2.71. The topological polar surface area (TPSA) is 101 Å². The van der Waals surface area contributed by atoms with E-state index in [1.54, 1.807) is 6.08 Å². The van der Waals surface area contributed by atoms with Crippen LogP contribution in [0, 0.1) is 22.7 Å². The highest BCUT2D eigenvalue weighted by atomic mass is 35.5. The molecule has 0 radical (unpaired) electrons. The smallest absolute Gasteiger partial charge is 0.303 e. The zero-order valence-corrected chi connectivity index (χ0v) is 18.4. The van der Waals surface area contributed by atoms with Gasteiger partial charge in [0.25, 0.3) is 0 Å². The Labute approximate surface area is 181 Å². The molecule has 0 bridgehead atoms. The summed E-state index contributed by atoms with van der Waals surface area (Å²) in [5, 5.41) is 21.1. The van der Waals surface area contributed by atoms with Crippen molar-refractivity contribution in [3.8, 4) is 0 Å². The van der Waals surface area contributed by atoms with E-state index in [1.807, 2.05) is 19.9 Å². The van der Waals surface area contributed by atoms with Crippen LogP contribution >= 0.6 is 11.6 Å². The lowest BCUT2D eigenvalue weighted by atomic mass is 9.45. The molecule has 0 aromatic heterocycles. The molecule has 0 aromatic carbocycles. The molecule has 0 spiro atoms. The van der Waals surface area contributed by atoms with Crippen molar-refractivity contribution in [1.29, 1.82) is 0 Å². The highest BCUT2D eigenvalue weighted by molar-refractivity contribution is 6.26. The first kappa shape index (κ1) is 21.7. The monoisotopic (exact) mass is 436 g/mol. The van der Waals surface area contributed by atoms with Gasteiger partial charge in [-0.2, -0.15) is 0 Å². The van der Waals surface area contributed by atoms with E-state index < -0.39 is 45.8 Å². The van der Waals surface area contributed by atoms with E-state index in [2.05, 4.69) is 0 Å². The van der Waals surface area contributed by atoms with E-state index in [0.29, 0.717) is 25.7 Å². The van der Waals surface area contributed by atoms with Gasteiger partial charge in [0.15, 0.2) is 11.4 Å². The first-order chi connectivity index (χ1) is 14.0. The van der Waals surface area contributed by atoms with E-state index in [9.17, 15) is 24.6 Å². The van der Waals surface area contributed by atoms with Crippen molar-refractivity contribution >= 4 is 29.1 Å². The maximum absolute atomic E-state index is 12.9. The molecule has 164 valence electrons. The maximum atomic E-state index is 12.9. The minimum atomic E-state index is -1.47. The van der Waals surface area contributed by atoms with Crippen LogP contribution in [-0.2, 0) is 19.1 Å². The summed E-state index contributed by atoms with van der Waals surface area (Å²) in [6.07, 6.45) is 6.42. The first-order valence-electron chi connectivity index (χ1n) is 10.6. The van der Waals surface area contributed by atoms with Crippen LogP contribution in [0.4, 0.5) is 0 Å². The summed E-state index contributed by atoms with van der Waals surface area (Å²) in [7, 11) is 0. The number of alkyl halides is 1. The van der Waals surface area contributed by atoms with Gasteiger partial charge in [0.05, 0.1) is 11.0 Å². The van der Waals surface area contributed by atoms with Gasteiger partial charge >= 0.3 is 5.97 Å². The van der Waals surface area contributed by atoms with Gasteiger partial charge in [-0.3, -0.25) is 14.4 Å². The average molecular weight is 437 g/mol. The number of fused-ring (bicyclic) bond motifs is 5. The van der Waals surface area contributed by atoms with Crippen LogP contribution < -0.4 is 0 Å². The molecule has 4 rings (SSSR count). The number of ether oxygens (including phenoxy) is 1. The first-order valence-corrected chi connectivity index (χ1v) is 11.0. The van der Waals surface area contributed by atoms with Gasteiger partial charge in [0.1, 0.15) is 6.61 Å². The van der Waals surface area contributed by atoms with Crippen molar-refractivity contribution in [2.75, 3.05) is 6.61 Å². The van der Waals surface area contributed by atoms with Crippen LogP contribution in [0.15, 0.2) is 23.8 Å². The molecule has 0 saturated heterocycles. The van der Waals surface area contributed by atoms with Crippen LogP contribution in [0.5, 0.6) is 0 Å². The van der Waals surface area contributed by atoms with E-state index >= 15 is 0 Å². The fourth-order valence-corrected chi connectivity index (χ4v) is 7.78. The lowest BCUT2D eigenvalue weighted by Gasteiger charge is -2.64. The summed E-state index contributed by atoms with van der Waals surface area (Å²) < 4.78 is 5.66. The number of aliphatic hydroxyl groups excluding tert-OH is 2. The second kappa shape index (κ2) is 6.75. The summed E-state index contributed by atoms with van der Waals surface area (Å²) >= 11 is 7.34. The Bertz CT molecular complexity index is 879. The number of carbonyl (C=O) groups is 3. The molecule has 0 amide bonds. The van der Waals surface area contributed by atoms with Crippen LogP contribution in [0.1, 0.15) is 52.9 Å². The molecule has 0 heterocycles. The van der Waals surface area contributed by atoms with E-state index in [4.69, 9.17) is 16.3 Å². The lowest BCUT2D eigenvalue weighted by Crippen LogP contribution is -2.69. The molecule has 0 aromatic rings. The number of ketones is 2. The Morgan fingerprint density at radius 1 is 1.27 bits per heavy atom. The molecule has 3 fully saturated rings. The third kappa shape index (κ3) is 2.47. The number of hydrogen-bond acceptors (Lipinski definition) is 6. The van der Waals surface area contributed by atoms with Crippen molar-refractivity contribution in [3.05, 3.63) is 23.8 Å². The van der Waals surface area contributed by atoms with Crippen molar-refractivity contribution in [2.24, 2.45) is 22.7 Å². The number of halogens is 1. The van der Waals surface area contributed by atoms with E-state index in [1.165, 1.54) is 13.0 Å². The third-order valence-electron chi connectivity index (χ3n) is 8.67. The highest BCUT2D eigenvalue weighted by Gasteiger charge is 2.74. The van der Waals surface area contributed by atoms with Crippen molar-refractivity contribution in [3.63, 3.8) is 0 Å². The molecule has 6 nitrogen and oxygen atoms in total. The molecule has 7 heteroatoms. The zero-order chi connectivity index (χ0) is 22.1. The Kier molecular flexibility index (Phi) is 4.89. The molecule has 0 aliphatic heterocycles. The molecular weight excluding hydrogens is 408 g/mol. The van der Waals surface area contributed by atoms with E-state index in [0.717, 1.165) is 5.57 Å². The SMILES string of the molecule is CC(=O)O[C@]1(C(=O)CO)CC[C@H]2[C@@H]3CCC4=CC(=O)C=C[C@]4(C)[C@@]3(Cl)[C@@H](O)C[C@@]21C. The van der Waals surface area contributed by atoms with Gasteiger partial charge in [-0.05, 0) is 56.1 Å². The minimum Gasteiger partial charge on any atom is -0.451 e. The van der Waals surface area contributed by atoms with Crippen LogP contribution in [-0.4, -0.2) is 50.9 Å². The number of esters is 1.